The van der Waals surface area contributed by atoms with Gasteiger partial charge in [0.1, 0.15) is 0 Å². The van der Waals surface area contributed by atoms with Crippen molar-refractivity contribution in [2.45, 2.75) is 13.3 Å². The van der Waals surface area contributed by atoms with Crippen molar-refractivity contribution in [3.63, 3.8) is 0 Å². The Balaban J connectivity index is 1.94. The van der Waals surface area contributed by atoms with Crippen LogP contribution >= 0.6 is 23.1 Å². The number of rotatable bonds is 5. The minimum absolute atomic E-state index is 0.0957. The van der Waals surface area contributed by atoms with E-state index in [-0.39, 0.29) is 24.0 Å². The normalized spacial score (nSPS) is 10.2. The molecule has 2 aromatic rings. The lowest BCUT2D eigenvalue weighted by Crippen LogP contribution is -2.12. The average molecular weight is 298 g/mol. The molecular weight excluding hydrogens is 288 g/mol. The molecule has 7 nitrogen and oxygen atoms in total. The summed E-state index contributed by atoms with van der Waals surface area (Å²) in [5.74, 6) is -0.708. The van der Waals surface area contributed by atoms with Gasteiger partial charge in [0.2, 0.25) is 0 Å². The SMILES string of the molecule is CCOC(=O)Cc1csc(NC(=O)c2cnsn2)n1. The van der Waals surface area contributed by atoms with Crippen molar-refractivity contribution < 1.29 is 14.3 Å². The second-order valence-corrected chi connectivity index (χ2v) is 4.79. The Bertz CT molecular complexity index is 567. The van der Waals surface area contributed by atoms with Crippen LogP contribution in [0, 0.1) is 0 Å². The first kappa shape index (κ1) is 13.6. The van der Waals surface area contributed by atoms with E-state index in [1.54, 1.807) is 12.3 Å². The number of thiazole rings is 1. The first-order valence-electron chi connectivity index (χ1n) is 5.38. The summed E-state index contributed by atoms with van der Waals surface area (Å²) in [5.41, 5.74) is 0.808. The molecule has 0 aliphatic rings. The molecule has 0 radical (unpaired) electrons. The van der Waals surface area contributed by atoms with Crippen LogP contribution in [-0.2, 0) is 16.0 Å². The fraction of sp³-hybridized carbons (Fsp3) is 0.300. The lowest BCUT2D eigenvalue weighted by molar-refractivity contribution is -0.142. The summed E-state index contributed by atoms with van der Waals surface area (Å²) >= 11 is 2.20. The van der Waals surface area contributed by atoms with Crippen molar-refractivity contribution in [2.75, 3.05) is 11.9 Å². The summed E-state index contributed by atoms with van der Waals surface area (Å²) in [6.07, 6.45) is 1.48. The van der Waals surface area contributed by atoms with Gasteiger partial charge in [0, 0.05) is 5.38 Å². The van der Waals surface area contributed by atoms with E-state index in [1.807, 2.05) is 0 Å². The summed E-state index contributed by atoms with van der Waals surface area (Å²) in [7, 11) is 0. The highest BCUT2D eigenvalue weighted by atomic mass is 32.1. The van der Waals surface area contributed by atoms with E-state index in [0.29, 0.717) is 17.4 Å². The number of aromatic nitrogens is 3. The molecule has 19 heavy (non-hydrogen) atoms. The molecule has 9 heteroatoms. The summed E-state index contributed by atoms with van der Waals surface area (Å²) in [4.78, 5) is 27.1. The summed E-state index contributed by atoms with van der Waals surface area (Å²) in [6.45, 7) is 2.08. The third kappa shape index (κ3) is 3.80. The molecule has 100 valence electrons. The van der Waals surface area contributed by atoms with Crippen LogP contribution in [0.1, 0.15) is 23.1 Å². The quantitative estimate of drug-likeness (QED) is 0.837. The van der Waals surface area contributed by atoms with Gasteiger partial charge < -0.3 is 4.74 Å². The van der Waals surface area contributed by atoms with Gasteiger partial charge in [-0.05, 0) is 6.92 Å². The molecule has 0 atom stereocenters. The summed E-state index contributed by atoms with van der Waals surface area (Å²) in [6, 6.07) is 0. The van der Waals surface area contributed by atoms with Gasteiger partial charge in [0.15, 0.2) is 10.8 Å². The van der Waals surface area contributed by atoms with E-state index in [4.69, 9.17) is 4.74 Å². The molecule has 0 bridgehead atoms. The molecule has 2 aromatic heterocycles. The minimum Gasteiger partial charge on any atom is -0.466 e. The van der Waals surface area contributed by atoms with E-state index in [2.05, 4.69) is 19.0 Å². The number of hydrogen-bond acceptors (Lipinski definition) is 8. The highest BCUT2D eigenvalue weighted by Gasteiger charge is 2.13. The van der Waals surface area contributed by atoms with E-state index >= 15 is 0 Å². The van der Waals surface area contributed by atoms with Crippen LogP contribution in [0.15, 0.2) is 11.6 Å². The number of esters is 1. The van der Waals surface area contributed by atoms with Crippen LogP contribution in [-0.4, -0.2) is 32.2 Å². The number of hydrogen-bond donors (Lipinski definition) is 1. The Morgan fingerprint density at radius 3 is 3.00 bits per heavy atom. The molecule has 0 aromatic carbocycles. The van der Waals surface area contributed by atoms with Gasteiger partial charge in [-0.25, -0.2) is 4.98 Å². The monoisotopic (exact) mass is 298 g/mol. The third-order valence-corrected chi connectivity index (χ3v) is 3.28. The van der Waals surface area contributed by atoms with E-state index in [1.165, 1.54) is 17.5 Å². The number of nitrogens with one attached hydrogen (secondary N) is 1. The lowest BCUT2D eigenvalue weighted by Gasteiger charge is -1.98. The zero-order valence-corrected chi connectivity index (χ0v) is 11.6. The molecule has 0 aliphatic heterocycles. The van der Waals surface area contributed by atoms with Gasteiger partial charge in [0.05, 0.1) is 36.6 Å². The van der Waals surface area contributed by atoms with Crippen molar-refractivity contribution in [3.8, 4) is 0 Å². The fourth-order valence-electron chi connectivity index (χ4n) is 1.23. The van der Waals surface area contributed by atoms with Crippen LogP contribution < -0.4 is 5.32 Å². The van der Waals surface area contributed by atoms with Crippen molar-refractivity contribution >= 4 is 40.1 Å². The zero-order valence-electron chi connectivity index (χ0n) is 9.95. The molecule has 0 aliphatic carbocycles. The minimum atomic E-state index is -0.370. The predicted octanol–water partition coefficient (Wildman–Crippen LogP) is 1.35. The molecule has 2 heterocycles. The molecule has 0 spiro atoms. The van der Waals surface area contributed by atoms with Gasteiger partial charge in [-0.3, -0.25) is 14.9 Å². The highest BCUT2D eigenvalue weighted by molar-refractivity contribution is 7.14. The largest absolute Gasteiger partial charge is 0.466 e. The van der Waals surface area contributed by atoms with Gasteiger partial charge in [-0.2, -0.15) is 8.75 Å². The zero-order chi connectivity index (χ0) is 13.7. The maximum atomic E-state index is 11.7. The maximum Gasteiger partial charge on any atom is 0.311 e. The topological polar surface area (TPSA) is 94.1 Å². The van der Waals surface area contributed by atoms with Crippen LogP contribution in [0.4, 0.5) is 5.13 Å². The first-order chi connectivity index (χ1) is 9.19. The molecule has 1 N–H and O–H groups in total. The number of anilines is 1. The molecule has 1 amide bonds. The van der Waals surface area contributed by atoms with Crippen molar-refractivity contribution in [1.82, 2.24) is 13.7 Å². The standard InChI is InChI=1S/C10H10N4O3S2/c1-2-17-8(15)3-6-5-18-10(12-6)13-9(16)7-4-11-19-14-7/h4-5H,2-3H2,1H3,(H,12,13,16). The van der Waals surface area contributed by atoms with E-state index in [0.717, 1.165) is 11.7 Å². The Labute approximate surface area is 117 Å². The third-order valence-electron chi connectivity index (χ3n) is 2.00. The smallest absolute Gasteiger partial charge is 0.311 e. The highest BCUT2D eigenvalue weighted by Crippen LogP contribution is 2.16. The lowest BCUT2D eigenvalue weighted by atomic mass is 10.3. The molecule has 0 fully saturated rings. The number of nitrogens with zero attached hydrogens (tertiary/aromatic N) is 3. The van der Waals surface area contributed by atoms with E-state index in [9.17, 15) is 9.59 Å². The van der Waals surface area contributed by atoms with Crippen LogP contribution in [0.5, 0.6) is 0 Å². The number of ether oxygens (including phenoxy) is 1. The predicted molar refractivity (Wildman–Crippen MR) is 70.3 cm³/mol. The van der Waals surface area contributed by atoms with Crippen molar-refractivity contribution in [2.24, 2.45) is 0 Å². The molecule has 0 saturated carbocycles. The molecular formula is C10H10N4O3S2. The summed E-state index contributed by atoms with van der Waals surface area (Å²) in [5, 5.41) is 4.70. The van der Waals surface area contributed by atoms with Gasteiger partial charge in [0.25, 0.3) is 5.91 Å². The Morgan fingerprint density at radius 1 is 1.47 bits per heavy atom. The maximum absolute atomic E-state index is 11.7. The van der Waals surface area contributed by atoms with E-state index < -0.39 is 0 Å². The van der Waals surface area contributed by atoms with Crippen molar-refractivity contribution in [1.29, 1.82) is 0 Å². The van der Waals surface area contributed by atoms with Crippen LogP contribution in [0.2, 0.25) is 0 Å². The Hall–Kier alpha value is -1.87. The first-order valence-corrected chi connectivity index (χ1v) is 6.99. The second-order valence-electron chi connectivity index (χ2n) is 3.37. The number of carbonyl (C=O) groups excluding carboxylic acids is 2. The molecule has 2 rings (SSSR count). The number of carbonyl (C=O) groups is 2. The summed E-state index contributed by atoms with van der Waals surface area (Å²) < 4.78 is 12.4. The van der Waals surface area contributed by atoms with Gasteiger partial charge in [-0.15, -0.1) is 11.3 Å². The van der Waals surface area contributed by atoms with Crippen molar-refractivity contribution in [3.05, 3.63) is 23.0 Å². The van der Waals surface area contributed by atoms with Crippen LogP contribution in [0.25, 0.3) is 0 Å². The Morgan fingerprint density at radius 2 is 2.32 bits per heavy atom. The molecule has 0 unspecified atom stereocenters. The average Bonchev–Trinajstić information content (AvgIpc) is 3.00. The fourth-order valence-corrected chi connectivity index (χ4v) is 2.35. The Kier molecular flexibility index (Phi) is 4.53. The molecule has 0 saturated heterocycles. The van der Waals surface area contributed by atoms with Gasteiger partial charge >= 0.3 is 5.97 Å². The number of amides is 1. The second kappa shape index (κ2) is 6.34. The van der Waals surface area contributed by atoms with Crippen LogP contribution in [0.3, 0.4) is 0 Å². The van der Waals surface area contributed by atoms with Gasteiger partial charge in [-0.1, -0.05) is 0 Å².